The number of aromatic nitrogens is 2. The Morgan fingerprint density at radius 3 is 2.39 bits per heavy atom. The maximum absolute atomic E-state index is 13.5. The number of benzene rings is 3. The third kappa shape index (κ3) is 6.07. The molecule has 7 nitrogen and oxygen atoms in total. The predicted octanol–water partition coefficient (Wildman–Crippen LogP) is 5.03. The predicted molar refractivity (Wildman–Crippen MR) is 132 cm³/mol. The van der Waals surface area contributed by atoms with Gasteiger partial charge in [-0.2, -0.15) is 5.26 Å². The summed E-state index contributed by atoms with van der Waals surface area (Å²) in [6.07, 6.45) is 1.66. The number of amides is 1. The van der Waals surface area contributed by atoms with Crippen LogP contribution in [0, 0.1) is 17.1 Å². The highest BCUT2D eigenvalue weighted by atomic mass is 19.1. The number of hydrogen-bond donors (Lipinski definition) is 2. The van der Waals surface area contributed by atoms with Crippen molar-refractivity contribution in [1.29, 1.82) is 5.26 Å². The number of fused-ring (bicyclic) bond motifs is 1. The zero-order chi connectivity index (χ0) is 25.5. The maximum Gasteiger partial charge on any atom is 0.303 e. The van der Waals surface area contributed by atoms with Crippen LogP contribution in [0.4, 0.5) is 4.39 Å². The number of aryl methyl sites for hydroxylation is 1. The van der Waals surface area contributed by atoms with Crippen molar-refractivity contribution in [1.82, 2.24) is 15.3 Å². The van der Waals surface area contributed by atoms with Crippen molar-refractivity contribution in [2.45, 2.75) is 32.2 Å². The fraction of sp³-hybridized carbons (Fsp3) is 0.179. The van der Waals surface area contributed by atoms with Gasteiger partial charge in [-0.1, -0.05) is 12.1 Å². The molecular formula is C28H23FN4O3. The number of carbonyl (C=O) groups excluding carboxylic acids is 1. The van der Waals surface area contributed by atoms with Gasteiger partial charge in [0.1, 0.15) is 5.82 Å². The molecule has 2 N–H and O–H groups in total. The molecule has 0 aliphatic rings. The van der Waals surface area contributed by atoms with Gasteiger partial charge in [0, 0.05) is 24.1 Å². The topological polar surface area (TPSA) is 116 Å². The van der Waals surface area contributed by atoms with Gasteiger partial charge in [-0.3, -0.25) is 9.59 Å². The van der Waals surface area contributed by atoms with E-state index in [2.05, 4.69) is 11.4 Å². The molecule has 36 heavy (non-hydrogen) atoms. The molecule has 0 spiro atoms. The van der Waals surface area contributed by atoms with E-state index in [-0.39, 0.29) is 18.1 Å². The van der Waals surface area contributed by atoms with E-state index < -0.39 is 5.97 Å². The van der Waals surface area contributed by atoms with Crippen molar-refractivity contribution in [3.05, 3.63) is 94.9 Å². The number of hydrogen-bond acceptors (Lipinski definition) is 5. The van der Waals surface area contributed by atoms with Crippen LogP contribution in [0.1, 0.15) is 46.4 Å². The molecule has 3 aromatic carbocycles. The standard InChI is InChI=1S/C28H23FN4O3/c29-22-12-9-20(10-13-22)27-24(3-1-2-4-26(34)35)32-25-15-21(11-14-23(25)33-27)28(36)31-17-19-7-5-18(16-30)6-8-19/h5-15H,1-4,17H2,(H,31,36)(H,34,35). The lowest BCUT2D eigenvalue weighted by Gasteiger charge is -2.11. The highest BCUT2D eigenvalue weighted by Gasteiger charge is 2.14. The van der Waals surface area contributed by atoms with Gasteiger partial charge in [0.05, 0.1) is 34.1 Å². The second-order valence-electron chi connectivity index (χ2n) is 8.32. The van der Waals surface area contributed by atoms with Crippen molar-refractivity contribution in [2.75, 3.05) is 0 Å². The first-order valence-electron chi connectivity index (χ1n) is 11.5. The number of carboxylic acids is 1. The van der Waals surface area contributed by atoms with Crippen molar-refractivity contribution in [3.63, 3.8) is 0 Å². The summed E-state index contributed by atoms with van der Waals surface area (Å²) in [5.41, 5.74) is 4.96. The molecule has 0 unspecified atom stereocenters. The number of carbonyl (C=O) groups is 2. The quantitative estimate of drug-likeness (QED) is 0.323. The van der Waals surface area contributed by atoms with E-state index in [1.807, 2.05) is 0 Å². The number of nitrogens with zero attached hydrogens (tertiary/aromatic N) is 3. The number of carboxylic acid groups (broad SMARTS) is 1. The van der Waals surface area contributed by atoms with Crippen LogP contribution in [0.25, 0.3) is 22.3 Å². The summed E-state index contributed by atoms with van der Waals surface area (Å²) in [5, 5.41) is 20.7. The van der Waals surface area contributed by atoms with E-state index in [0.717, 1.165) is 5.56 Å². The Labute approximate surface area is 207 Å². The molecule has 1 amide bonds. The second-order valence-corrected chi connectivity index (χ2v) is 8.32. The Kier molecular flexibility index (Phi) is 7.61. The summed E-state index contributed by atoms with van der Waals surface area (Å²) in [6.45, 7) is 0.312. The Balaban J connectivity index is 1.58. The van der Waals surface area contributed by atoms with Crippen LogP contribution in [0.15, 0.2) is 66.7 Å². The lowest BCUT2D eigenvalue weighted by Crippen LogP contribution is -2.22. The highest BCUT2D eigenvalue weighted by molar-refractivity contribution is 5.97. The Bertz CT molecular complexity index is 1450. The number of halogens is 1. The monoisotopic (exact) mass is 482 g/mol. The first kappa shape index (κ1) is 24.5. The minimum Gasteiger partial charge on any atom is -0.481 e. The average molecular weight is 483 g/mol. The summed E-state index contributed by atoms with van der Waals surface area (Å²) in [4.78, 5) is 33.1. The maximum atomic E-state index is 13.5. The molecule has 0 atom stereocenters. The van der Waals surface area contributed by atoms with Gasteiger partial charge in [0.2, 0.25) is 0 Å². The van der Waals surface area contributed by atoms with Crippen molar-refractivity contribution in [2.24, 2.45) is 0 Å². The van der Waals surface area contributed by atoms with Crippen LogP contribution in [0.3, 0.4) is 0 Å². The van der Waals surface area contributed by atoms with Gasteiger partial charge in [0.25, 0.3) is 5.91 Å². The Hall–Kier alpha value is -4.64. The fourth-order valence-electron chi connectivity index (χ4n) is 3.80. The second kappa shape index (κ2) is 11.2. The van der Waals surface area contributed by atoms with E-state index >= 15 is 0 Å². The molecular weight excluding hydrogens is 459 g/mol. The van der Waals surface area contributed by atoms with Gasteiger partial charge in [0.15, 0.2) is 0 Å². The number of rotatable bonds is 9. The average Bonchev–Trinajstić information content (AvgIpc) is 2.89. The van der Waals surface area contributed by atoms with Crippen LogP contribution >= 0.6 is 0 Å². The van der Waals surface area contributed by atoms with Crippen molar-refractivity contribution >= 4 is 22.9 Å². The molecule has 0 radical (unpaired) electrons. The van der Waals surface area contributed by atoms with E-state index in [1.54, 1.807) is 54.6 Å². The molecule has 0 saturated carbocycles. The van der Waals surface area contributed by atoms with Gasteiger partial charge in [-0.15, -0.1) is 0 Å². The van der Waals surface area contributed by atoms with Gasteiger partial charge in [-0.25, -0.2) is 14.4 Å². The van der Waals surface area contributed by atoms with Crippen molar-refractivity contribution < 1.29 is 19.1 Å². The molecule has 0 aliphatic carbocycles. The minimum absolute atomic E-state index is 0.0659. The van der Waals surface area contributed by atoms with E-state index in [0.29, 0.717) is 64.9 Å². The van der Waals surface area contributed by atoms with Gasteiger partial charge in [-0.05, 0) is 79.4 Å². The number of nitriles is 1. The molecule has 1 heterocycles. The number of nitrogens with one attached hydrogen (secondary N) is 1. The zero-order valence-electron chi connectivity index (χ0n) is 19.4. The number of aliphatic carboxylic acids is 1. The van der Waals surface area contributed by atoms with E-state index in [1.165, 1.54) is 12.1 Å². The third-order valence-corrected chi connectivity index (χ3v) is 5.71. The molecule has 4 rings (SSSR count). The van der Waals surface area contributed by atoms with E-state index in [9.17, 15) is 14.0 Å². The lowest BCUT2D eigenvalue weighted by molar-refractivity contribution is -0.137. The summed E-state index contributed by atoms with van der Waals surface area (Å²) in [5.74, 6) is -1.48. The lowest BCUT2D eigenvalue weighted by atomic mass is 10.0. The van der Waals surface area contributed by atoms with E-state index in [4.69, 9.17) is 20.3 Å². The van der Waals surface area contributed by atoms with Crippen LogP contribution in [0.5, 0.6) is 0 Å². The largest absolute Gasteiger partial charge is 0.481 e. The van der Waals surface area contributed by atoms with Crippen LogP contribution in [-0.4, -0.2) is 27.0 Å². The SMILES string of the molecule is N#Cc1ccc(CNC(=O)c2ccc3nc(-c4ccc(F)cc4)c(CCCCC(=O)O)nc3c2)cc1. The smallest absolute Gasteiger partial charge is 0.303 e. The zero-order valence-corrected chi connectivity index (χ0v) is 19.4. The molecule has 0 saturated heterocycles. The molecule has 180 valence electrons. The molecule has 8 heteroatoms. The third-order valence-electron chi connectivity index (χ3n) is 5.71. The summed E-state index contributed by atoms with van der Waals surface area (Å²) >= 11 is 0. The molecule has 1 aromatic heterocycles. The van der Waals surface area contributed by atoms with Crippen LogP contribution < -0.4 is 5.32 Å². The van der Waals surface area contributed by atoms with Crippen molar-refractivity contribution in [3.8, 4) is 17.3 Å². The van der Waals surface area contributed by atoms with Crippen LogP contribution in [0.2, 0.25) is 0 Å². The van der Waals surface area contributed by atoms with Gasteiger partial charge >= 0.3 is 5.97 Å². The first-order chi connectivity index (χ1) is 17.4. The first-order valence-corrected chi connectivity index (χ1v) is 11.5. The molecule has 0 aliphatic heterocycles. The number of unbranched alkanes of at least 4 members (excludes halogenated alkanes) is 1. The summed E-state index contributed by atoms with van der Waals surface area (Å²) in [6, 6.07) is 20.1. The highest BCUT2D eigenvalue weighted by Crippen LogP contribution is 2.26. The summed E-state index contributed by atoms with van der Waals surface area (Å²) < 4.78 is 13.5. The minimum atomic E-state index is -0.852. The fourth-order valence-corrected chi connectivity index (χ4v) is 3.80. The molecule has 0 bridgehead atoms. The molecule has 4 aromatic rings. The van der Waals surface area contributed by atoms with Gasteiger partial charge < -0.3 is 10.4 Å². The normalized spacial score (nSPS) is 10.7. The Morgan fingerprint density at radius 1 is 0.944 bits per heavy atom. The van der Waals surface area contributed by atoms with Crippen LogP contribution in [-0.2, 0) is 17.8 Å². The Morgan fingerprint density at radius 2 is 1.69 bits per heavy atom. The molecule has 0 fully saturated rings. The summed E-state index contributed by atoms with van der Waals surface area (Å²) in [7, 11) is 0.